The van der Waals surface area contributed by atoms with Gasteiger partial charge in [-0.15, -0.1) is 0 Å². The van der Waals surface area contributed by atoms with Crippen molar-refractivity contribution >= 4 is 6.29 Å². The average molecular weight is 339 g/mol. The van der Waals surface area contributed by atoms with Crippen molar-refractivity contribution in [3.8, 4) is 33.9 Å². The van der Waals surface area contributed by atoms with Crippen LogP contribution in [0.5, 0.6) is 0 Å². The quantitative estimate of drug-likeness (QED) is 0.530. The van der Waals surface area contributed by atoms with E-state index in [2.05, 4.69) is 24.9 Å². The minimum Gasteiger partial charge on any atom is -0.298 e. The fourth-order valence-corrected chi connectivity index (χ4v) is 2.58. The normalized spacial score (nSPS) is 10.5. The molecule has 6 heteroatoms. The molecule has 1 aromatic carbocycles. The molecule has 0 fully saturated rings. The van der Waals surface area contributed by atoms with Crippen molar-refractivity contribution in [3.05, 3.63) is 79.1 Å². The van der Waals surface area contributed by atoms with Crippen molar-refractivity contribution in [2.45, 2.75) is 0 Å². The van der Waals surface area contributed by atoms with E-state index < -0.39 is 0 Å². The molecule has 0 saturated heterocycles. The molecule has 6 nitrogen and oxygen atoms in total. The highest BCUT2D eigenvalue weighted by Gasteiger charge is 2.10. The number of hydrogen-bond donors (Lipinski definition) is 0. The highest BCUT2D eigenvalue weighted by atomic mass is 16.1. The highest BCUT2D eigenvalue weighted by molar-refractivity contribution is 5.79. The molecule has 4 aromatic rings. The van der Waals surface area contributed by atoms with Crippen LogP contribution in [0.25, 0.3) is 33.9 Å². The summed E-state index contributed by atoms with van der Waals surface area (Å²) >= 11 is 0. The maximum atomic E-state index is 10.9. The third-order valence-electron chi connectivity index (χ3n) is 3.86. The van der Waals surface area contributed by atoms with Gasteiger partial charge in [-0.3, -0.25) is 24.7 Å². The third kappa shape index (κ3) is 3.21. The SMILES string of the molecule is O=Cc1ccc(-c2cc(-c3cnccn3)nc(-c3cnccn3)c2)cc1. The van der Waals surface area contributed by atoms with Gasteiger partial charge in [-0.1, -0.05) is 24.3 Å². The van der Waals surface area contributed by atoms with Crippen LogP contribution in [0.4, 0.5) is 0 Å². The Kier molecular flexibility index (Phi) is 4.22. The smallest absolute Gasteiger partial charge is 0.150 e. The second-order valence-corrected chi connectivity index (χ2v) is 5.55. The second kappa shape index (κ2) is 6.98. The Morgan fingerprint density at radius 3 is 1.69 bits per heavy atom. The number of hydrogen-bond acceptors (Lipinski definition) is 6. The van der Waals surface area contributed by atoms with Crippen molar-refractivity contribution in [3.63, 3.8) is 0 Å². The van der Waals surface area contributed by atoms with E-state index in [1.165, 1.54) is 0 Å². The number of carbonyl (C=O) groups excluding carboxylic acids is 1. The molecule has 0 N–H and O–H groups in total. The summed E-state index contributed by atoms with van der Waals surface area (Å²) in [6.07, 6.45) is 10.7. The minimum absolute atomic E-state index is 0.631. The number of carbonyl (C=O) groups is 1. The van der Waals surface area contributed by atoms with Gasteiger partial charge in [0.15, 0.2) is 0 Å². The summed E-state index contributed by atoms with van der Waals surface area (Å²) in [6, 6.07) is 11.3. The lowest BCUT2D eigenvalue weighted by Gasteiger charge is -2.09. The molecule has 0 aliphatic heterocycles. The lowest BCUT2D eigenvalue weighted by molar-refractivity contribution is 0.112. The first kappa shape index (κ1) is 15.7. The minimum atomic E-state index is 0.631. The Bertz CT molecular complexity index is 977. The largest absolute Gasteiger partial charge is 0.298 e. The standard InChI is InChI=1S/C20H13N5O/c26-13-14-1-3-15(4-2-14)16-9-17(19-11-21-5-7-23-19)25-18(10-16)20-12-22-6-8-24-20/h1-13H. The molecule has 124 valence electrons. The van der Waals surface area contributed by atoms with Gasteiger partial charge in [0.1, 0.15) is 17.7 Å². The van der Waals surface area contributed by atoms with E-state index in [0.29, 0.717) is 28.3 Å². The van der Waals surface area contributed by atoms with Gasteiger partial charge >= 0.3 is 0 Å². The summed E-state index contributed by atoms with van der Waals surface area (Å²) in [6.45, 7) is 0. The molecule has 0 amide bonds. The van der Waals surface area contributed by atoms with Crippen LogP contribution in [0, 0.1) is 0 Å². The molecule has 4 rings (SSSR count). The van der Waals surface area contributed by atoms with Gasteiger partial charge in [0.25, 0.3) is 0 Å². The zero-order valence-electron chi connectivity index (χ0n) is 13.6. The van der Waals surface area contributed by atoms with Crippen molar-refractivity contribution in [2.75, 3.05) is 0 Å². The lowest BCUT2D eigenvalue weighted by Crippen LogP contribution is -1.95. The fourth-order valence-electron chi connectivity index (χ4n) is 2.58. The first-order chi connectivity index (χ1) is 12.8. The lowest BCUT2D eigenvalue weighted by atomic mass is 10.0. The molecule has 0 spiro atoms. The first-order valence-corrected chi connectivity index (χ1v) is 7.94. The maximum Gasteiger partial charge on any atom is 0.150 e. The molecule has 0 unspecified atom stereocenters. The van der Waals surface area contributed by atoms with Crippen LogP contribution in [-0.2, 0) is 0 Å². The summed E-state index contributed by atoms with van der Waals surface area (Å²) in [7, 11) is 0. The van der Waals surface area contributed by atoms with Crippen molar-refractivity contribution in [1.29, 1.82) is 0 Å². The predicted octanol–water partition coefficient (Wildman–Crippen LogP) is 3.48. The maximum absolute atomic E-state index is 10.9. The zero-order valence-corrected chi connectivity index (χ0v) is 13.6. The first-order valence-electron chi connectivity index (χ1n) is 7.94. The summed E-state index contributed by atoms with van der Waals surface area (Å²) in [4.78, 5) is 32.5. The van der Waals surface area contributed by atoms with Crippen molar-refractivity contribution < 1.29 is 4.79 Å². The van der Waals surface area contributed by atoms with Gasteiger partial charge in [-0.05, 0) is 23.3 Å². The molecule has 0 saturated carbocycles. The zero-order chi connectivity index (χ0) is 17.8. The van der Waals surface area contributed by atoms with Crippen LogP contribution in [0.15, 0.2) is 73.6 Å². The van der Waals surface area contributed by atoms with Crippen LogP contribution in [0.3, 0.4) is 0 Å². The molecule has 0 atom stereocenters. The average Bonchev–Trinajstić information content (AvgIpc) is 2.75. The summed E-state index contributed by atoms with van der Waals surface area (Å²) in [5.74, 6) is 0. The number of pyridine rings is 1. The summed E-state index contributed by atoms with van der Waals surface area (Å²) < 4.78 is 0. The van der Waals surface area contributed by atoms with Crippen LogP contribution in [0.1, 0.15) is 10.4 Å². The molecule has 3 aromatic heterocycles. The number of aromatic nitrogens is 5. The van der Waals surface area contributed by atoms with E-state index in [1.54, 1.807) is 49.3 Å². The van der Waals surface area contributed by atoms with Gasteiger partial charge in [0.05, 0.1) is 23.8 Å². The van der Waals surface area contributed by atoms with Gasteiger partial charge in [-0.25, -0.2) is 4.98 Å². The van der Waals surface area contributed by atoms with Crippen molar-refractivity contribution in [2.24, 2.45) is 0 Å². The van der Waals surface area contributed by atoms with E-state index in [-0.39, 0.29) is 0 Å². The number of benzene rings is 1. The molecular formula is C20H13N5O. The Morgan fingerprint density at radius 2 is 1.23 bits per heavy atom. The molecule has 0 bridgehead atoms. The van der Waals surface area contributed by atoms with E-state index in [0.717, 1.165) is 17.4 Å². The van der Waals surface area contributed by atoms with E-state index in [9.17, 15) is 4.79 Å². The molecule has 0 aliphatic rings. The molecule has 3 heterocycles. The molecular weight excluding hydrogens is 326 g/mol. The summed E-state index contributed by atoms with van der Waals surface area (Å²) in [5, 5.41) is 0. The highest BCUT2D eigenvalue weighted by Crippen LogP contribution is 2.28. The molecule has 0 aliphatic carbocycles. The topological polar surface area (TPSA) is 81.5 Å². The van der Waals surface area contributed by atoms with Crippen LogP contribution in [0.2, 0.25) is 0 Å². The Labute approximate surface area is 149 Å². The second-order valence-electron chi connectivity index (χ2n) is 5.55. The summed E-state index contributed by atoms with van der Waals surface area (Å²) in [5.41, 5.74) is 5.26. The van der Waals surface area contributed by atoms with Gasteiger partial charge in [-0.2, -0.15) is 0 Å². The van der Waals surface area contributed by atoms with E-state index in [1.807, 2.05) is 24.3 Å². The Morgan fingerprint density at radius 1 is 0.654 bits per heavy atom. The fraction of sp³-hybridized carbons (Fsp3) is 0. The van der Waals surface area contributed by atoms with Gasteiger partial charge < -0.3 is 0 Å². The van der Waals surface area contributed by atoms with E-state index in [4.69, 9.17) is 0 Å². The number of nitrogens with zero attached hydrogens (tertiary/aromatic N) is 5. The Hall–Kier alpha value is -3.80. The molecule has 26 heavy (non-hydrogen) atoms. The van der Waals surface area contributed by atoms with Crippen LogP contribution < -0.4 is 0 Å². The van der Waals surface area contributed by atoms with Crippen molar-refractivity contribution in [1.82, 2.24) is 24.9 Å². The van der Waals surface area contributed by atoms with Gasteiger partial charge in [0, 0.05) is 30.4 Å². The number of aldehydes is 1. The van der Waals surface area contributed by atoms with E-state index >= 15 is 0 Å². The number of rotatable bonds is 4. The van der Waals surface area contributed by atoms with Gasteiger partial charge in [0.2, 0.25) is 0 Å². The Balaban J connectivity index is 1.88. The van der Waals surface area contributed by atoms with Crippen LogP contribution in [-0.4, -0.2) is 31.2 Å². The monoisotopic (exact) mass is 339 g/mol. The van der Waals surface area contributed by atoms with Crippen LogP contribution >= 0.6 is 0 Å². The third-order valence-corrected chi connectivity index (χ3v) is 3.86. The molecule has 0 radical (unpaired) electrons. The predicted molar refractivity (Wildman–Crippen MR) is 97.1 cm³/mol.